The van der Waals surface area contributed by atoms with E-state index in [-0.39, 0.29) is 75.4 Å². The number of aromatic nitrogens is 1. The molecule has 2 aromatic rings. The third-order valence-corrected chi connectivity index (χ3v) is 11.7. The molecular weight excluding hydrogens is 947 g/mol. The van der Waals surface area contributed by atoms with Crippen LogP contribution >= 0.6 is 0 Å². The molecule has 9 amide bonds. The van der Waals surface area contributed by atoms with Gasteiger partial charge < -0.3 is 81.9 Å². The molecule has 21 N–H and O–H groups in total. The number of H-pyrrole nitrogens is 1. The first-order valence-electron chi connectivity index (χ1n) is 24.4. The molecule has 0 aliphatic heterocycles. The van der Waals surface area contributed by atoms with E-state index >= 15 is 0 Å². The number of para-hydroxylation sites is 1. The Kier molecular flexibility index (Phi) is 26.2. The number of aliphatic imine (C=N–C) groups is 2. The van der Waals surface area contributed by atoms with Crippen molar-refractivity contribution in [2.45, 2.75) is 136 Å². The first-order chi connectivity index (χ1) is 34.3. The van der Waals surface area contributed by atoms with Gasteiger partial charge in [-0.3, -0.25) is 53.1 Å². The molecule has 73 heavy (non-hydrogen) atoms. The summed E-state index contributed by atoms with van der Waals surface area (Å²) in [5.74, 6) is -7.82. The standard InChI is InChI=1S/C47H79N17O9/c1-8-26(6)37(49)44(72)59-27(7)39(67)62-34(20-28-21-56-30-14-10-9-13-29(28)30)42(70)63-33(19-24(2)3)43(71)64-38(25(4)5)45(73)61-32(16-12-18-55-47(52)53)41(69)58-23-36(66)60-31(15-11-17-54-46(50)51)40(68)57-22-35(48)65/h9-10,13-14,21,24-27,31-34,37-38,56H,8,11-12,15-20,22-23,49H2,1-7H3,(H2,48,65)(H,57,68)(H,58,69)(H,59,72)(H,60,66)(H,61,73)(H,62,67)(H,63,70)(H,64,71)(H4,50,51,54)(H4,52,53,55)/t26-,27-,31-,32-,33-,34-,37-,38-/m0/s1. The second-order valence-corrected chi connectivity index (χ2v) is 18.7. The highest BCUT2D eigenvalue weighted by molar-refractivity contribution is 5.98. The SMILES string of the molecule is CC[C@H](C)[C@H](N)C(=O)N[C@@H](C)C(=O)N[C@@H](Cc1c[nH]c2ccccc12)C(=O)N[C@@H](CC(C)C)C(=O)N[C@H](C(=O)N[C@@H](CCCN=C(N)N)C(=O)NCC(=O)N[C@@H](CCCN=C(N)N)C(=O)NCC(N)=O)C(C)C. The molecule has 1 aromatic carbocycles. The van der Waals surface area contributed by atoms with Crippen molar-refractivity contribution < 1.29 is 43.2 Å². The second kappa shape index (κ2) is 31.1. The van der Waals surface area contributed by atoms with Gasteiger partial charge in [0.25, 0.3) is 0 Å². The summed E-state index contributed by atoms with van der Waals surface area (Å²) in [5.41, 5.74) is 34.4. The Labute approximate surface area is 425 Å². The van der Waals surface area contributed by atoms with Crippen LogP contribution in [0.25, 0.3) is 10.9 Å². The van der Waals surface area contributed by atoms with E-state index in [1.165, 1.54) is 6.92 Å². The summed E-state index contributed by atoms with van der Waals surface area (Å²) in [6, 6.07) is -0.765. The van der Waals surface area contributed by atoms with Gasteiger partial charge in [-0.1, -0.05) is 66.2 Å². The molecule has 1 aromatic heterocycles. The molecule has 8 atom stereocenters. The van der Waals surface area contributed by atoms with E-state index in [2.05, 4.69) is 57.5 Å². The largest absolute Gasteiger partial charge is 0.370 e. The summed E-state index contributed by atoms with van der Waals surface area (Å²) in [4.78, 5) is 131. The summed E-state index contributed by atoms with van der Waals surface area (Å²) in [6.07, 6.45) is 2.91. The number of primary amides is 1. The molecule has 2 rings (SSSR count). The molecule has 26 heteroatoms. The number of amides is 9. The maximum atomic E-state index is 14.3. The monoisotopic (exact) mass is 1030 g/mol. The number of benzene rings is 1. The van der Waals surface area contributed by atoms with Gasteiger partial charge in [0, 0.05) is 36.6 Å². The van der Waals surface area contributed by atoms with Crippen LogP contribution in [0.1, 0.15) is 92.6 Å². The van der Waals surface area contributed by atoms with Crippen molar-refractivity contribution in [1.29, 1.82) is 0 Å². The Morgan fingerprint density at radius 1 is 0.603 bits per heavy atom. The van der Waals surface area contributed by atoms with Gasteiger partial charge in [-0.25, -0.2) is 0 Å². The van der Waals surface area contributed by atoms with Gasteiger partial charge in [0.2, 0.25) is 53.2 Å². The number of rotatable bonds is 32. The van der Waals surface area contributed by atoms with Crippen molar-refractivity contribution in [1.82, 2.24) is 47.5 Å². The molecule has 406 valence electrons. The van der Waals surface area contributed by atoms with Gasteiger partial charge in [-0.05, 0) is 68.4 Å². The number of hydrogen-bond acceptors (Lipinski definition) is 12. The van der Waals surface area contributed by atoms with Crippen molar-refractivity contribution in [3.05, 3.63) is 36.0 Å². The Balaban J connectivity index is 2.35. The molecule has 0 saturated heterocycles. The number of hydrogen-bond donors (Lipinski definition) is 15. The molecule has 0 unspecified atom stereocenters. The molecule has 0 spiro atoms. The highest BCUT2D eigenvalue weighted by Gasteiger charge is 2.34. The zero-order valence-electron chi connectivity index (χ0n) is 43.0. The van der Waals surface area contributed by atoms with E-state index in [1.807, 2.05) is 52.0 Å². The fraction of sp³-hybridized carbons (Fsp3) is 0.596. The fourth-order valence-corrected chi connectivity index (χ4v) is 7.32. The van der Waals surface area contributed by atoms with Gasteiger partial charge in [0.1, 0.15) is 36.3 Å². The predicted octanol–water partition coefficient (Wildman–Crippen LogP) is -3.46. The van der Waals surface area contributed by atoms with Crippen LogP contribution in [0.2, 0.25) is 0 Å². The summed E-state index contributed by atoms with van der Waals surface area (Å²) in [7, 11) is 0. The van der Waals surface area contributed by atoms with E-state index in [1.54, 1.807) is 20.0 Å². The lowest BCUT2D eigenvalue weighted by atomic mass is 9.98. The lowest BCUT2D eigenvalue weighted by molar-refractivity contribution is -0.136. The average Bonchev–Trinajstić information content (AvgIpc) is 3.74. The van der Waals surface area contributed by atoms with E-state index in [0.29, 0.717) is 12.0 Å². The van der Waals surface area contributed by atoms with Crippen LogP contribution in [0.15, 0.2) is 40.4 Å². The summed E-state index contributed by atoms with van der Waals surface area (Å²) >= 11 is 0. The van der Waals surface area contributed by atoms with Crippen LogP contribution in [0.5, 0.6) is 0 Å². The Morgan fingerprint density at radius 2 is 1.14 bits per heavy atom. The topological polar surface area (TPSA) is 446 Å². The Bertz CT molecular complexity index is 2260. The number of carbonyl (C=O) groups excluding carboxylic acids is 9. The third kappa shape index (κ3) is 22.2. The molecule has 0 fully saturated rings. The minimum absolute atomic E-state index is 0.0104. The van der Waals surface area contributed by atoms with Crippen LogP contribution in [-0.2, 0) is 49.6 Å². The molecule has 0 radical (unpaired) electrons. The smallest absolute Gasteiger partial charge is 0.243 e. The molecule has 26 nitrogen and oxygen atoms in total. The van der Waals surface area contributed by atoms with Gasteiger partial charge >= 0.3 is 0 Å². The zero-order valence-corrected chi connectivity index (χ0v) is 43.0. The summed E-state index contributed by atoms with van der Waals surface area (Å²) < 4.78 is 0. The number of nitrogens with zero attached hydrogens (tertiary/aromatic N) is 2. The van der Waals surface area contributed by atoms with Gasteiger partial charge in [0.15, 0.2) is 11.9 Å². The van der Waals surface area contributed by atoms with Gasteiger partial charge in [-0.2, -0.15) is 0 Å². The van der Waals surface area contributed by atoms with Crippen LogP contribution in [0.3, 0.4) is 0 Å². The minimum Gasteiger partial charge on any atom is -0.370 e. The minimum atomic E-state index is -1.29. The normalized spacial score (nSPS) is 14.4. The van der Waals surface area contributed by atoms with Crippen LogP contribution in [0, 0.1) is 17.8 Å². The highest BCUT2D eigenvalue weighted by Crippen LogP contribution is 2.20. The first kappa shape index (κ1) is 61.6. The predicted molar refractivity (Wildman–Crippen MR) is 276 cm³/mol. The highest BCUT2D eigenvalue weighted by atomic mass is 16.2. The van der Waals surface area contributed by atoms with E-state index in [9.17, 15) is 43.2 Å². The Hall–Kier alpha value is -7.51. The maximum absolute atomic E-state index is 14.3. The van der Waals surface area contributed by atoms with Crippen LogP contribution < -0.4 is 76.9 Å². The second-order valence-electron chi connectivity index (χ2n) is 18.7. The van der Waals surface area contributed by atoms with Crippen molar-refractivity contribution in [3.8, 4) is 0 Å². The van der Waals surface area contributed by atoms with E-state index < -0.39 is 114 Å². The lowest BCUT2D eigenvalue weighted by Gasteiger charge is -2.29. The van der Waals surface area contributed by atoms with Crippen molar-refractivity contribution >= 4 is 76.0 Å². The summed E-state index contributed by atoms with van der Waals surface area (Å²) in [6.45, 7) is 11.2. The fourth-order valence-electron chi connectivity index (χ4n) is 7.32. The molecule has 0 aliphatic rings. The van der Waals surface area contributed by atoms with E-state index in [4.69, 9.17) is 34.4 Å². The number of nitrogens with one attached hydrogen (secondary N) is 9. The third-order valence-electron chi connectivity index (χ3n) is 11.7. The molecule has 0 aliphatic carbocycles. The summed E-state index contributed by atoms with van der Waals surface area (Å²) in [5, 5.41) is 21.6. The van der Waals surface area contributed by atoms with Crippen LogP contribution in [0.4, 0.5) is 0 Å². The van der Waals surface area contributed by atoms with Gasteiger partial charge in [0.05, 0.1) is 19.1 Å². The number of carbonyl (C=O) groups is 9. The van der Waals surface area contributed by atoms with Crippen molar-refractivity contribution in [3.63, 3.8) is 0 Å². The molecule has 1 heterocycles. The quantitative estimate of drug-likeness (QED) is 0.0193. The number of nitrogens with two attached hydrogens (primary N) is 6. The van der Waals surface area contributed by atoms with Crippen molar-refractivity contribution in [2.24, 2.45) is 62.1 Å². The average molecular weight is 1030 g/mol. The lowest BCUT2D eigenvalue weighted by Crippen LogP contribution is -2.60. The number of fused-ring (bicyclic) bond motifs is 1. The number of guanidine groups is 2. The van der Waals surface area contributed by atoms with Crippen LogP contribution in [-0.4, -0.2) is 139 Å². The van der Waals surface area contributed by atoms with Gasteiger partial charge in [-0.15, -0.1) is 0 Å². The Morgan fingerprint density at radius 3 is 1.68 bits per heavy atom. The molecular formula is C47H79N17O9. The zero-order chi connectivity index (χ0) is 54.9. The molecule has 0 saturated carbocycles. The molecule has 0 bridgehead atoms. The maximum Gasteiger partial charge on any atom is 0.243 e. The number of aromatic amines is 1. The first-order valence-corrected chi connectivity index (χ1v) is 24.4. The van der Waals surface area contributed by atoms with E-state index in [0.717, 1.165) is 10.9 Å². The van der Waals surface area contributed by atoms with Crippen molar-refractivity contribution in [2.75, 3.05) is 26.2 Å².